The number of carboxylic acid groups (broad SMARTS) is 1. The van der Waals surface area contributed by atoms with Crippen LogP contribution in [0.1, 0.15) is 43.1 Å². The van der Waals surface area contributed by atoms with Gasteiger partial charge in [-0.15, -0.1) is 0 Å². The van der Waals surface area contributed by atoms with Crippen molar-refractivity contribution in [1.82, 2.24) is 20.0 Å². The summed E-state index contributed by atoms with van der Waals surface area (Å²) in [5.41, 5.74) is 3.73. The van der Waals surface area contributed by atoms with Crippen molar-refractivity contribution in [2.75, 3.05) is 13.1 Å². The lowest BCUT2D eigenvalue weighted by molar-refractivity contribution is -0.150. The topological polar surface area (TPSA) is 87.5 Å². The van der Waals surface area contributed by atoms with E-state index in [0.717, 1.165) is 30.6 Å². The molecule has 2 heterocycles. The Bertz CT molecular complexity index is 883. The SMILES string of the molecule is CC1(C(=O)O)CCN(C(=O)NCc2nn(-c3ccccc3)c3c2CCC3)CC1. The molecule has 1 fully saturated rings. The van der Waals surface area contributed by atoms with E-state index in [1.54, 1.807) is 11.8 Å². The zero-order chi connectivity index (χ0) is 19.7. The van der Waals surface area contributed by atoms with Crippen LogP contribution in [-0.4, -0.2) is 44.9 Å². The van der Waals surface area contributed by atoms with E-state index in [1.807, 2.05) is 35.0 Å². The number of likely N-dealkylation sites (tertiary alicyclic amines) is 1. The second-order valence-electron chi connectivity index (χ2n) is 7.98. The quantitative estimate of drug-likeness (QED) is 0.851. The van der Waals surface area contributed by atoms with Gasteiger partial charge in [0.1, 0.15) is 0 Å². The lowest BCUT2D eigenvalue weighted by atomic mass is 9.80. The van der Waals surface area contributed by atoms with E-state index < -0.39 is 11.4 Å². The van der Waals surface area contributed by atoms with Gasteiger partial charge in [-0.1, -0.05) is 18.2 Å². The minimum Gasteiger partial charge on any atom is -0.481 e. The predicted molar refractivity (Wildman–Crippen MR) is 104 cm³/mol. The molecule has 1 aromatic heterocycles. The number of nitrogens with one attached hydrogen (secondary N) is 1. The molecule has 1 aromatic carbocycles. The van der Waals surface area contributed by atoms with Crippen LogP contribution in [0.15, 0.2) is 30.3 Å². The van der Waals surface area contributed by atoms with Gasteiger partial charge in [-0.2, -0.15) is 5.10 Å². The fourth-order valence-electron chi connectivity index (χ4n) is 4.13. The minimum absolute atomic E-state index is 0.145. The minimum atomic E-state index is -0.783. The Morgan fingerprint density at radius 2 is 1.89 bits per heavy atom. The molecule has 2 aromatic rings. The molecule has 0 unspecified atom stereocenters. The van der Waals surface area contributed by atoms with Gasteiger partial charge in [0, 0.05) is 18.8 Å². The third-order valence-electron chi connectivity index (χ3n) is 6.09. The van der Waals surface area contributed by atoms with E-state index in [4.69, 9.17) is 5.10 Å². The zero-order valence-corrected chi connectivity index (χ0v) is 16.1. The Hall–Kier alpha value is -2.83. The first-order valence-electron chi connectivity index (χ1n) is 9.89. The van der Waals surface area contributed by atoms with Crippen molar-refractivity contribution in [1.29, 1.82) is 0 Å². The number of carbonyl (C=O) groups excluding carboxylic acids is 1. The molecule has 2 amide bonds. The van der Waals surface area contributed by atoms with Gasteiger partial charge < -0.3 is 15.3 Å². The Balaban J connectivity index is 1.42. The van der Waals surface area contributed by atoms with Gasteiger partial charge in [-0.25, -0.2) is 9.48 Å². The fourth-order valence-corrected chi connectivity index (χ4v) is 4.13. The van der Waals surface area contributed by atoms with Crippen LogP contribution in [0.4, 0.5) is 4.79 Å². The summed E-state index contributed by atoms with van der Waals surface area (Å²) in [7, 11) is 0. The summed E-state index contributed by atoms with van der Waals surface area (Å²) in [5, 5.41) is 17.1. The van der Waals surface area contributed by atoms with Crippen LogP contribution in [0.3, 0.4) is 0 Å². The first kappa shape index (κ1) is 18.5. The number of carbonyl (C=O) groups is 2. The summed E-state index contributed by atoms with van der Waals surface area (Å²) in [6, 6.07) is 9.93. The van der Waals surface area contributed by atoms with Gasteiger partial charge in [0.2, 0.25) is 0 Å². The smallest absolute Gasteiger partial charge is 0.317 e. The molecular formula is C21H26N4O3. The number of para-hydroxylation sites is 1. The molecule has 0 radical (unpaired) electrons. The van der Waals surface area contributed by atoms with E-state index in [1.165, 1.54) is 11.3 Å². The molecule has 0 saturated carbocycles. The van der Waals surface area contributed by atoms with E-state index >= 15 is 0 Å². The summed E-state index contributed by atoms with van der Waals surface area (Å²) in [4.78, 5) is 25.6. The largest absolute Gasteiger partial charge is 0.481 e. The number of nitrogens with zero attached hydrogens (tertiary/aromatic N) is 3. The molecule has 1 saturated heterocycles. The van der Waals surface area contributed by atoms with Gasteiger partial charge in [-0.3, -0.25) is 4.79 Å². The second-order valence-corrected chi connectivity index (χ2v) is 7.98. The van der Waals surface area contributed by atoms with Crippen LogP contribution in [0.2, 0.25) is 0 Å². The van der Waals surface area contributed by atoms with Crippen molar-refractivity contribution in [2.45, 2.75) is 45.6 Å². The maximum absolute atomic E-state index is 12.6. The first-order valence-corrected chi connectivity index (χ1v) is 9.89. The highest BCUT2D eigenvalue weighted by Crippen LogP contribution is 2.31. The molecule has 28 heavy (non-hydrogen) atoms. The van der Waals surface area contributed by atoms with Gasteiger partial charge in [0.15, 0.2) is 0 Å². The number of aromatic nitrogens is 2. The lowest BCUT2D eigenvalue weighted by Crippen LogP contribution is -2.48. The Kier molecular flexibility index (Phi) is 4.83. The Labute approximate surface area is 164 Å². The van der Waals surface area contributed by atoms with Gasteiger partial charge in [0.25, 0.3) is 0 Å². The molecule has 2 aliphatic rings. The molecule has 0 spiro atoms. The van der Waals surface area contributed by atoms with Crippen LogP contribution in [-0.2, 0) is 24.2 Å². The van der Waals surface area contributed by atoms with Gasteiger partial charge >= 0.3 is 12.0 Å². The lowest BCUT2D eigenvalue weighted by Gasteiger charge is -2.36. The van der Waals surface area contributed by atoms with Crippen LogP contribution >= 0.6 is 0 Å². The standard InChI is InChI=1S/C21H26N4O3/c1-21(19(26)27)10-12-24(13-11-21)20(28)22-14-17-16-8-5-9-18(16)25(23-17)15-6-3-2-4-7-15/h2-4,6-7H,5,8-14H2,1H3,(H,22,28)(H,26,27). The predicted octanol–water partition coefficient (Wildman–Crippen LogP) is 2.76. The third kappa shape index (κ3) is 3.37. The van der Waals surface area contributed by atoms with Crippen molar-refractivity contribution in [3.63, 3.8) is 0 Å². The molecule has 4 rings (SSSR count). The van der Waals surface area contributed by atoms with Crippen LogP contribution in [0.5, 0.6) is 0 Å². The Morgan fingerprint density at radius 1 is 1.18 bits per heavy atom. The molecule has 0 bridgehead atoms. The number of fused-ring (bicyclic) bond motifs is 1. The number of rotatable bonds is 4. The number of benzene rings is 1. The third-order valence-corrected chi connectivity index (χ3v) is 6.09. The van der Waals surface area contributed by atoms with Crippen molar-refractivity contribution in [3.05, 3.63) is 47.3 Å². The maximum atomic E-state index is 12.6. The van der Waals surface area contributed by atoms with E-state index in [9.17, 15) is 14.7 Å². The Morgan fingerprint density at radius 3 is 2.57 bits per heavy atom. The number of amides is 2. The average Bonchev–Trinajstić information content (AvgIpc) is 3.30. The van der Waals surface area contributed by atoms with Crippen LogP contribution < -0.4 is 5.32 Å². The summed E-state index contributed by atoms with van der Waals surface area (Å²) < 4.78 is 2.00. The molecule has 2 N–H and O–H groups in total. The van der Waals surface area contributed by atoms with Crippen molar-refractivity contribution in [3.8, 4) is 5.69 Å². The maximum Gasteiger partial charge on any atom is 0.317 e. The van der Waals surface area contributed by atoms with Gasteiger partial charge in [0.05, 0.1) is 23.3 Å². The number of hydrogen-bond acceptors (Lipinski definition) is 3. The summed E-state index contributed by atoms with van der Waals surface area (Å²) >= 11 is 0. The van der Waals surface area contributed by atoms with Gasteiger partial charge in [-0.05, 0) is 56.7 Å². The fraction of sp³-hybridized carbons (Fsp3) is 0.476. The number of urea groups is 1. The number of piperidine rings is 1. The molecule has 1 aliphatic carbocycles. The molecule has 148 valence electrons. The highest BCUT2D eigenvalue weighted by molar-refractivity contribution is 5.77. The highest BCUT2D eigenvalue weighted by atomic mass is 16.4. The summed E-state index contributed by atoms with van der Waals surface area (Å²) in [5.74, 6) is -0.783. The first-order chi connectivity index (χ1) is 13.5. The second kappa shape index (κ2) is 7.30. The molecular weight excluding hydrogens is 356 g/mol. The molecule has 1 aliphatic heterocycles. The van der Waals surface area contributed by atoms with Crippen LogP contribution in [0, 0.1) is 5.41 Å². The van der Waals surface area contributed by atoms with Crippen molar-refractivity contribution in [2.24, 2.45) is 5.41 Å². The highest BCUT2D eigenvalue weighted by Gasteiger charge is 2.38. The van der Waals surface area contributed by atoms with E-state index in [0.29, 0.717) is 32.5 Å². The van der Waals surface area contributed by atoms with Crippen LogP contribution in [0.25, 0.3) is 5.69 Å². The van der Waals surface area contributed by atoms with Crippen molar-refractivity contribution >= 4 is 12.0 Å². The molecule has 7 heteroatoms. The zero-order valence-electron chi connectivity index (χ0n) is 16.1. The molecule has 0 atom stereocenters. The normalized spacial score (nSPS) is 18.0. The van der Waals surface area contributed by atoms with E-state index in [2.05, 4.69) is 5.32 Å². The summed E-state index contributed by atoms with van der Waals surface area (Å²) in [6.07, 6.45) is 4.07. The van der Waals surface area contributed by atoms with Crippen molar-refractivity contribution < 1.29 is 14.7 Å². The number of aliphatic carboxylic acids is 1. The molecule has 7 nitrogen and oxygen atoms in total. The monoisotopic (exact) mass is 382 g/mol. The average molecular weight is 382 g/mol. The number of carboxylic acids is 1. The summed E-state index contributed by atoms with van der Waals surface area (Å²) in [6.45, 7) is 3.08. The van der Waals surface area contributed by atoms with E-state index in [-0.39, 0.29) is 6.03 Å². The number of hydrogen-bond donors (Lipinski definition) is 2.